The molecule has 1 atom stereocenters. The lowest BCUT2D eigenvalue weighted by Crippen LogP contribution is -1.38. The summed E-state index contributed by atoms with van der Waals surface area (Å²) in [6.07, 6.45) is 6.43. The molecule has 0 bridgehead atoms. The van der Waals surface area contributed by atoms with E-state index in [1.807, 2.05) is 15.6 Å². The summed E-state index contributed by atoms with van der Waals surface area (Å²) in [5.41, 5.74) is 0. The first-order valence-electron chi connectivity index (χ1n) is 0.729. The van der Waals surface area contributed by atoms with Crippen molar-refractivity contribution < 1.29 is 4.52 Å². The van der Waals surface area contributed by atoms with Crippen molar-refractivity contribution in [3.63, 3.8) is 0 Å². The van der Waals surface area contributed by atoms with E-state index in [0.29, 0.717) is 0 Å². The van der Waals surface area contributed by atoms with Gasteiger partial charge in [-0.15, -0.1) is 0 Å². The van der Waals surface area contributed by atoms with Crippen molar-refractivity contribution in [2.24, 2.45) is 0 Å². The van der Waals surface area contributed by atoms with Crippen molar-refractivity contribution in [2.45, 2.75) is 0 Å². The van der Waals surface area contributed by atoms with Crippen LogP contribution < -0.4 is 0 Å². The number of terminal acetylenes is 1. The number of hydrogen-bond donors (Lipinski definition) is 0. The quantitative estimate of drug-likeness (QED) is 0.298. The predicted octanol–water partition coefficient (Wildman–Crippen LogP) is 0.384. The molecule has 1 nitrogen and oxygen atoms in total. The van der Waals surface area contributed by atoms with Crippen molar-refractivity contribution in [3.05, 3.63) is 0 Å². The van der Waals surface area contributed by atoms with Crippen LogP contribution in [0.15, 0.2) is 0 Å². The van der Waals surface area contributed by atoms with Gasteiger partial charge in [-0.3, -0.25) is 0 Å². The maximum atomic E-state index is 4.53. The zero-order valence-corrected chi connectivity index (χ0v) is 3.22. The zero-order valence-electron chi connectivity index (χ0n) is 2.06. The molecule has 0 rings (SSSR count). The molecule has 0 heterocycles. The SMILES string of the molecule is C#COP. The van der Waals surface area contributed by atoms with Gasteiger partial charge in [-0.2, -0.15) is 0 Å². The van der Waals surface area contributed by atoms with E-state index >= 15 is 0 Å². The fourth-order valence-electron chi connectivity index (χ4n) is 0. The summed E-state index contributed by atoms with van der Waals surface area (Å²) in [7, 11) is 1.92. The second-order valence-electron chi connectivity index (χ2n) is 0.236. The minimum atomic E-state index is 1.89. The lowest BCUT2D eigenvalue weighted by atomic mass is 11.3. The molecule has 0 N–H and O–H groups in total. The van der Waals surface area contributed by atoms with Gasteiger partial charge in [0, 0.05) is 0 Å². The normalized spacial score (nSPS) is 4.00. The smallest absolute Gasteiger partial charge is 0.108 e. The van der Waals surface area contributed by atoms with Gasteiger partial charge in [0.2, 0.25) is 0 Å². The highest BCUT2D eigenvalue weighted by Crippen LogP contribution is 1.73. The third-order valence-corrected chi connectivity index (χ3v) is 0.204. The third-order valence-electron chi connectivity index (χ3n) is 0.0680. The highest BCUT2D eigenvalue weighted by molar-refractivity contribution is 7.10. The Morgan fingerprint density at radius 1 is 2.00 bits per heavy atom. The largest absolute Gasteiger partial charge is 0.433 e. The van der Waals surface area contributed by atoms with Crippen LogP contribution in [0.5, 0.6) is 0 Å². The molecule has 0 saturated heterocycles. The molecule has 0 radical (unpaired) electrons. The zero-order chi connectivity index (χ0) is 3.41. The Labute approximate surface area is 27.6 Å². The summed E-state index contributed by atoms with van der Waals surface area (Å²) in [6.45, 7) is 0. The molecule has 0 aliphatic heterocycles. The molecule has 1 unspecified atom stereocenters. The van der Waals surface area contributed by atoms with Gasteiger partial charge in [0.05, 0.1) is 9.47 Å². The lowest BCUT2D eigenvalue weighted by Gasteiger charge is -1.66. The van der Waals surface area contributed by atoms with Crippen molar-refractivity contribution in [3.8, 4) is 12.5 Å². The molecule has 0 aliphatic rings. The molecule has 0 aromatic rings. The van der Waals surface area contributed by atoms with Crippen LogP contribution in [0.2, 0.25) is 0 Å². The van der Waals surface area contributed by atoms with E-state index in [0.717, 1.165) is 0 Å². The molecular weight excluding hydrogens is 71.0 g/mol. The summed E-state index contributed by atoms with van der Waals surface area (Å²) in [5.74, 6) is 0. The summed E-state index contributed by atoms with van der Waals surface area (Å²) in [5, 5.41) is 0. The van der Waals surface area contributed by atoms with Gasteiger partial charge in [0.15, 0.2) is 0 Å². The van der Waals surface area contributed by atoms with Gasteiger partial charge < -0.3 is 4.52 Å². The first kappa shape index (κ1) is 3.79. The minimum Gasteiger partial charge on any atom is -0.433 e. The Morgan fingerprint density at radius 2 is 2.25 bits per heavy atom. The third kappa shape index (κ3) is 1.79. The summed E-state index contributed by atoms with van der Waals surface area (Å²) in [4.78, 5) is 0. The number of hydrogen-bond acceptors (Lipinski definition) is 1. The molecule has 22 valence electrons. The van der Waals surface area contributed by atoms with Gasteiger partial charge in [-0.25, -0.2) is 0 Å². The van der Waals surface area contributed by atoms with Gasteiger partial charge in [-0.1, -0.05) is 6.42 Å². The van der Waals surface area contributed by atoms with E-state index in [1.54, 1.807) is 0 Å². The highest BCUT2D eigenvalue weighted by atomic mass is 31.0. The van der Waals surface area contributed by atoms with Crippen molar-refractivity contribution >= 4 is 9.47 Å². The predicted molar refractivity (Wildman–Crippen MR) is 19.6 cm³/mol. The second-order valence-corrected chi connectivity index (χ2v) is 0.471. The van der Waals surface area contributed by atoms with E-state index in [1.165, 1.54) is 0 Å². The van der Waals surface area contributed by atoms with Crippen LogP contribution in [0, 0.1) is 12.5 Å². The molecular formula is C2H3OP. The summed E-state index contributed by atoms with van der Waals surface area (Å²) >= 11 is 0. The van der Waals surface area contributed by atoms with Gasteiger partial charge in [-0.05, 0) is 0 Å². The molecule has 0 amide bonds. The topological polar surface area (TPSA) is 9.23 Å². The van der Waals surface area contributed by atoms with E-state index in [9.17, 15) is 0 Å². The fraction of sp³-hybridized carbons (Fsp3) is 0. The monoisotopic (exact) mass is 74.0 g/mol. The Hall–Kier alpha value is -0.210. The Kier molecular flexibility index (Phi) is 2.64. The van der Waals surface area contributed by atoms with Gasteiger partial charge in [0.25, 0.3) is 0 Å². The lowest BCUT2D eigenvalue weighted by molar-refractivity contribution is 0.612. The highest BCUT2D eigenvalue weighted by Gasteiger charge is 1.35. The Bertz CT molecular complexity index is 35.8. The van der Waals surface area contributed by atoms with Crippen LogP contribution in [0.25, 0.3) is 0 Å². The van der Waals surface area contributed by atoms with Crippen molar-refractivity contribution in [2.75, 3.05) is 0 Å². The van der Waals surface area contributed by atoms with Crippen LogP contribution in [0.3, 0.4) is 0 Å². The van der Waals surface area contributed by atoms with E-state index in [2.05, 4.69) is 10.9 Å². The van der Waals surface area contributed by atoms with Crippen LogP contribution in [0.4, 0.5) is 0 Å². The van der Waals surface area contributed by atoms with Gasteiger partial charge >= 0.3 is 0 Å². The van der Waals surface area contributed by atoms with E-state index < -0.39 is 0 Å². The summed E-state index contributed by atoms with van der Waals surface area (Å²) < 4.78 is 3.99. The maximum absolute atomic E-state index is 4.53. The summed E-state index contributed by atoms with van der Waals surface area (Å²) in [6, 6.07) is 0. The minimum absolute atomic E-state index is 1.89. The van der Waals surface area contributed by atoms with E-state index in [4.69, 9.17) is 0 Å². The Morgan fingerprint density at radius 3 is 2.25 bits per heavy atom. The molecule has 2 heteroatoms. The molecule has 0 saturated carbocycles. The van der Waals surface area contributed by atoms with Crippen LogP contribution >= 0.6 is 9.47 Å². The van der Waals surface area contributed by atoms with Crippen LogP contribution in [-0.4, -0.2) is 0 Å². The van der Waals surface area contributed by atoms with Crippen LogP contribution in [0.1, 0.15) is 0 Å². The average molecular weight is 74.0 g/mol. The van der Waals surface area contributed by atoms with Crippen molar-refractivity contribution in [1.29, 1.82) is 0 Å². The van der Waals surface area contributed by atoms with Crippen LogP contribution in [-0.2, 0) is 4.52 Å². The molecule has 0 aromatic carbocycles. The maximum Gasteiger partial charge on any atom is 0.108 e. The number of rotatable bonds is 0. The molecule has 0 aromatic heterocycles. The first-order chi connectivity index (χ1) is 1.91. The average Bonchev–Trinajstić information content (AvgIpc) is 1.37. The van der Waals surface area contributed by atoms with Gasteiger partial charge in [0.1, 0.15) is 6.11 Å². The first-order valence-corrected chi connectivity index (χ1v) is 1.20. The molecule has 4 heavy (non-hydrogen) atoms. The Balaban J connectivity index is 2.43. The second kappa shape index (κ2) is 2.79. The molecule has 0 fully saturated rings. The van der Waals surface area contributed by atoms with Crippen molar-refractivity contribution in [1.82, 2.24) is 0 Å². The molecule has 0 aliphatic carbocycles. The molecule has 0 spiro atoms. The van der Waals surface area contributed by atoms with E-state index in [-0.39, 0.29) is 0 Å². The standard InChI is InChI=1S/C2H3OP/c1-2-3-4/h1H,4H2. The fourth-order valence-corrected chi connectivity index (χ4v) is 0.